The van der Waals surface area contributed by atoms with Crippen molar-refractivity contribution in [1.82, 2.24) is 9.97 Å². The van der Waals surface area contributed by atoms with E-state index < -0.39 is 47.0 Å². The maximum absolute atomic E-state index is 13.4. The van der Waals surface area contributed by atoms with Gasteiger partial charge in [-0.3, -0.25) is 19.2 Å². The highest BCUT2D eigenvalue weighted by Gasteiger charge is 2.32. The van der Waals surface area contributed by atoms with Gasteiger partial charge in [-0.1, -0.05) is 11.8 Å². The highest BCUT2D eigenvalue weighted by Crippen LogP contribution is 2.39. The van der Waals surface area contributed by atoms with Crippen LogP contribution in [0.25, 0.3) is 0 Å². The molecule has 0 aromatic carbocycles. The highest BCUT2D eigenvalue weighted by atomic mass is 32.2. The van der Waals surface area contributed by atoms with Gasteiger partial charge in [-0.25, -0.2) is 9.59 Å². The number of hydrogen-bond acceptors (Lipinski definition) is 13. The normalized spacial score (nSPS) is 11.4. The van der Waals surface area contributed by atoms with Crippen LogP contribution in [0.3, 0.4) is 0 Å². The molecular formula is C32H44N2O12S. The van der Waals surface area contributed by atoms with Crippen LogP contribution in [-0.4, -0.2) is 85.4 Å². The predicted molar refractivity (Wildman–Crippen MR) is 168 cm³/mol. The molecule has 0 aliphatic rings. The van der Waals surface area contributed by atoms with E-state index in [1.165, 1.54) is 28.4 Å². The Labute approximate surface area is 277 Å². The fourth-order valence-corrected chi connectivity index (χ4v) is 5.61. The second-order valence-corrected chi connectivity index (χ2v) is 13.4. The molecule has 0 aliphatic heterocycles. The molecule has 0 saturated heterocycles. The van der Waals surface area contributed by atoms with Crippen LogP contribution in [0.1, 0.15) is 97.6 Å². The third-order valence-electron chi connectivity index (χ3n) is 6.48. The zero-order valence-electron chi connectivity index (χ0n) is 28.5. The van der Waals surface area contributed by atoms with Gasteiger partial charge in [0.1, 0.15) is 22.6 Å². The molecular weight excluding hydrogens is 636 g/mol. The Bertz CT molecular complexity index is 1380. The topological polar surface area (TPSA) is 189 Å². The molecule has 2 aromatic heterocycles. The average molecular weight is 681 g/mol. The number of methoxy groups -OCH3 is 4. The Morgan fingerprint density at radius 1 is 0.532 bits per heavy atom. The van der Waals surface area contributed by atoms with Gasteiger partial charge < -0.3 is 38.4 Å². The summed E-state index contributed by atoms with van der Waals surface area (Å²) in [6.45, 7) is 10.1. The van der Waals surface area contributed by atoms with Crippen molar-refractivity contribution < 1.29 is 57.2 Å². The number of ether oxygens (including phenoxy) is 6. The molecule has 2 aromatic rings. The van der Waals surface area contributed by atoms with Crippen molar-refractivity contribution in [3.63, 3.8) is 0 Å². The van der Waals surface area contributed by atoms with Crippen molar-refractivity contribution in [3.05, 3.63) is 33.6 Å². The third-order valence-corrected chi connectivity index (χ3v) is 7.58. The molecule has 0 saturated carbocycles. The van der Waals surface area contributed by atoms with Crippen molar-refractivity contribution in [2.75, 3.05) is 28.4 Å². The zero-order chi connectivity index (χ0) is 35.7. The molecule has 0 amide bonds. The van der Waals surface area contributed by atoms with Crippen molar-refractivity contribution in [3.8, 4) is 0 Å². The molecule has 0 atom stereocenters. The number of nitrogens with one attached hydrogen (secondary N) is 2. The van der Waals surface area contributed by atoms with E-state index in [1.807, 2.05) is 0 Å². The monoisotopic (exact) mass is 680 g/mol. The number of esters is 6. The van der Waals surface area contributed by atoms with E-state index in [1.54, 1.807) is 41.5 Å². The first kappa shape index (κ1) is 38.9. The Kier molecular flexibility index (Phi) is 13.7. The maximum atomic E-state index is 13.4. The lowest BCUT2D eigenvalue weighted by Gasteiger charge is -2.19. The second-order valence-electron chi connectivity index (χ2n) is 12.3. The van der Waals surface area contributed by atoms with E-state index in [2.05, 4.69) is 9.97 Å². The first-order valence-electron chi connectivity index (χ1n) is 14.7. The quantitative estimate of drug-likeness (QED) is 0.215. The van der Waals surface area contributed by atoms with Gasteiger partial charge in [0, 0.05) is 12.8 Å². The summed E-state index contributed by atoms with van der Waals surface area (Å²) in [6, 6.07) is 0. The van der Waals surface area contributed by atoms with Crippen LogP contribution in [0.2, 0.25) is 0 Å². The summed E-state index contributed by atoms with van der Waals surface area (Å²) in [5.41, 5.74) is -0.465. The van der Waals surface area contributed by atoms with Crippen LogP contribution in [-0.2, 0) is 73.3 Å². The summed E-state index contributed by atoms with van der Waals surface area (Å²) in [5.74, 6) is -3.85. The van der Waals surface area contributed by atoms with Crippen LogP contribution in [0, 0.1) is 0 Å². The Morgan fingerprint density at radius 3 is 1.13 bits per heavy atom. The molecule has 2 rings (SSSR count). The van der Waals surface area contributed by atoms with Crippen molar-refractivity contribution in [2.24, 2.45) is 0 Å². The van der Waals surface area contributed by atoms with E-state index >= 15 is 0 Å². The third kappa shape index (κ3) is 11.5. The minimum Gasteiger partial charge on any atom is -0.469 e. The van der Waals surface area contributed by atoms with Crippen LogP contribution in [0.15, 0.2) is 10.1 Å². The number of aromatic nitrogens is 2. The van der Waals surface area contributed by atoms with Gasteiger partial charge in [0.2, 0.25) is 0 Å². The van der Waals surface area contributed by atoms with Crippen LogP contribution in [0.4, 0.5) is 0 Å². The smallest absolute Gasteiger partial charge is 0.355 e. The number of H-pyrrole nitrogens is 2. The van der Waals surface area contributed by atoms with E-state index in [4.69, 9.17) is 28.4 Å². The van der Waals surface area contributed by atoms with Crippen LogP contribution >= 0.6 is 11.8 Å². The first-order chi connectivity index (χ1) is 21.8. The Morgan fingerprint density at radius 2 is 0.851 bits per heavy atom. The lowest BCUT2D eigenvalue weighted by molar-refractivity contribution is -0.141. The molecule has 2 heterocycles. The SMILES string of the molecule is COC(=O)CCc1c(Sc2[nH]c(C(=O)OC(C)(C)C)c(CC(=O)OC)c2CCC(=O)OC)[nH]c(C(=O)OC(C)(C)C)c1CC(=O)OC. The van der Waals surface area contributed by atoms with E-state index in [0.29, 0.717) is 21.2 Å². The van der Waals surface area contributed by atoms with Gasteiger partial charge in [0.15, 0.2) is 0 Å². The van der Waals surface area contributed by atoms with Crippen molar-refractivity contribution in [2.45, 2.75) is 101 Å². The standard InChI is InChI=1S/C32H44N2O12S/c1-31(2,3)45-29(39)25-19(15-23(37)43-9)17(11-13-21(35)41-7)27(33-25)47-28-18(12-14-22(36)42-8)20(16-24(38)44-10)26(34-28)30(40)46-32(4,5)6/h33-34H,11-16H2,1-10H3. The van der Waals surface area contributed by atoms with E-state index in [-0.39, 0.29) is 61.0 Å². The molecule has 14 nitrogen and oxygen atoms in total. The number of hydrogen-bond donors (Lipinski definition) is 2. The lowest BCUT2D eigenvalue weighted by Crippen LogP contribution is -2.25. The van der Waals surface area contributed by atoms with Crippen molar-refractivity contribution in [1.29, 1.82) is 0 Å². The van der Waals surface area contributed by atoms with E-state index in [0.717, 1.165) is 11.8 Å². The van der Waals surface area contributed by atoms with E-state index in [9.17, 15) is 28.8 Å². The molecule has 0 bridgehead atoms. The molecule has 2 N–H and O–H groups in total. The Hall–Kier alpha value is -4.27. The molecule has 47 heavy (non-hydrogen) atoms. The maximum Gasteiger partial charge on any atom is 0.355 e. The van der Waals surface area contributed by atoms with Gasteiger partial charge in [0.25, 0.3) is 0 Å². The minimum atomic E-state index is -0.879. The summed E-state index contributed by atoms with van der Waals surface area (Å²) in [4.78, 5) is 82.4. The van der Waals surface area contributed by atoms with Crippen molar-refractivity contribution >= 4 is 47.6 Å². The number of carbonyl (C=O) groups is 6. The molecule has 0 fully saturated rings. The van der Waals surface area contributed by atoms with Gasteiger partial charge >= 0.3 is 35.8 Å². The minimum absolute atomic E-state index is 0.0301. The van der Waals surface area contributed by atoms with Gasteiger partial charge in [-0.15, -0.1) is 0 Å². The average Bonchev–Trinajstić information content (AvgIpc) is 3.49. The fourth-order valence-electron chi connectivity index (χ4n) is 4.40. The molecule has 0 spiro atoms. The molecule has 0 aliphatic carbocycles. The molecule has 0 unspecified atom stereocenters. The number of aromatic amines is 2. The largest absolute Gasteiger partial charge is 0.469 e. The summed E-state index contributed by atoms with van der Waals surface area (Å²) < 4.78 is 30.6. The fraction of sp³-hybridized carbons (Fsp3) is 0.562. The molecule has 15 heteroatoms. The number of carbonyl (C=O) groups excluding carboxylic acids is 6. The summed E-state index contributed by atoms with van der Waals surface area (Å²) in [6.07, 6.45) is -0.745. The molecule has 0 radical (unpaired) electrons. The first-order valence-corrected chi connectivity index (χ1v) is 15.5. The van der Waals surface area contributed by atoms with Gasteiger partial charge in [-0.2, -0.15) is 0 Å². The second kappa shape index (κ2) is 16.5. The van der Waals surface area contributed by atoms with Gasteiger partial charge in [0.05, 0.1) is 51.3 Å². The highest BCUT2D eigenvalue weighted by molar-refractivity contribution is 7.99. The molecule has 260 valence electrons. The van der Waals surface area contributed by atoms with Crippen LogP contribution in [0.5, 0.6) is 0 Å². The zero-order valence-corrected chi connectivity index (χ0v) is 29.4. The Balaban J connectivity index is 2.89. The number of rotatable bonds is 14. The summed E-state index contributed by atoms with van der Waals surface area (Å²) >= 11 is 1.03. The summed E-state index contributed by atoms with van der Waals surface area (Å²) in [7, 11) is 4.90. The van der Waals surface area contributed by atoms with Crippen LogP contribution < -0.4 is 0 Å². The summed E-state index contributed by atoms with van der Waals surface area (Å²) in [5, 5.41) is 0.657. The predicted octanol–water partition coefficient (Wildman–Crippen LogP) is 4.05. The van der Waals surface area contributed by atoms with Gasteiger partial charge in [-0.05, 0) is 76.6 Å². The lowest BCUT2D eigenvalue weighted by atomic mass is 10.0.